The standard InChI is InChI=1S/C10H11BrO/c1-7(2)10(11)8-5-3-4-6-9(8)12/h3-6,10,12H,1H2,2H3. The minimum Gasteiger partial charge on any atom is -0.508 e. The maximum Gasteiger partial charge on any atom is 0.120 e. The highest BCUT2D eigenvalue weighted by molar-refractivity contribution is 9.09. The third-order valence-electron chi connectivity index (χ3n) is 1.64. The number of alkyl halides is 1. The molecule has 0 saturated heterocycles. The Hall–Kier alpha value is -0.760. The molecule has 0 heterocycles. The molecule has 0 spiro atoms. The predicted molar refractivity (Wildman–Crippen MR) is 54.6 cm³/mol. The van der Waals surface area contributed by atoms with Gasteiger partial charge in [-0.25, -0.2) is 0 Å². The highest BCUT2D eigenvalue weighted by atomic mass is 79.9. The van der Waals surface area contributed by atoms with Crippen LogP contribution in [0.1, 0.15) is 17.3 Å². The zero-order chi connectivity index (χ0) is 9.14. The van der Waals surface area contributed by atoms with E-state index in [-0.39, 0.29) is 4.83 Å². The van der Waals surface area contributed by atoms with Gasteiger partial charge in [-0.3, -0.25) is 0 Å². The molecule has 0 saturated carbocycles. The van der Waals surface area contributed by atoms with Crippen LogP contribution in [0.3, 0.4) is 0 Å². The van der Waals surface area contributed by atoms with E-state index in [0.29, 0.717) is 5.75 Å². The molecule has 0 aliphatic rings. The van der Waals surface area contributed by atoms with E-state index >= 15 is 0 Å². The smallest absolute Gasteiger partial charge is 0.120 e. The van der Waals surface area contributed by atoms with Crippen molar-refractivity contribution in [1.29, 1.82) is 0 Å². The van der Waals surface area contributed by atoms with Gasteiger partial charge in [-0.1, -0.05) is 46.3 Å². The molecule has 0 bridgehead atoms. The second kappa shape index (κ2) is 3.76. The predicted octanol–water partition coefficient (Wildman–Crippen LogP) is 3.40. The zero-order valence-electron chi connectivity index (χ0n) is 6.92. The lowest BCUT2D eigenvalue weighted by Gasteiger charge is -2.10. The molecular formula is C10H11BrO. The maximum absolute atomic E-state index is 9.46. The molecule has 12 heavy (non-hydrogen) atoms. The number of para-hydroxylation sites is 1. The summed E-state index contributed by atoms with van der Waals surface area (Å²) in [4.78, 5) is 0.0405. The molecule has 1 nitrogen and oxygen atoms in total. The minimum absolute atomic E-state index is 0.0405. The number of phenolic OH excluding ortho intramolecular Hbond substituents is 1. The molecule has 0 aliphatic carbocycles. The summed E-state index contributed by atoms with van der Waals surface area (Å²) in [5.74, 6) is 0.308. The molecular weight excluding hydrogens is 216 g/mol. The molecule has 1 atom stereocenters. The molecule has 2 heteroatoms. The van der Waals surface area contributed by atoms with Gasteiger partial charge in [0.1, 0.15) is 5.75 Å². The monoisotopic (exact) mass is 226 g/mol. The number of allylic oxidation sites excluding steroid dienone is 1. The van der Waals surface area contributed by atoms with E-state index in [1.807, 2.05) is 19.1 Å². The van der Waals surface area contributed by atoms with E-state index < -0.39 is 0 Å². The van der Waals surface area contributed by atoms with E-state index in [0.717, 1.165) is 11.1 Å². The first-order valence-electron chi connectivity index (χ1n) is 3.70. The molecule has 0 amide bonds. The van der Waals surface area contributed by atoms with Crippen molar-refractivity contribution in [2.24, 2.45) is 0 Å². The Kier molecular flexibility index (Phi) is 2.93. The molecule has 64 valence electrons. The fourth-order valence-corrected chi connectivity index (χ4v) is 1.35. The van der Waals surface area contributed by atoms with Crippen molar-refractivity contribution >= 4 is 15.9 Å². The Morgan fingerprint density at radius 1 is 1.50 bits per heavy atom. The van der Waals surface area contributed by atoms with Gasteiger partial charge in [-0.2, -0.15) is 0 Å². The van der Waals surface area contributed by atoms with Crippen molar-refractivity contribution in [2.75, 3.05) is 0 Å². The number of rotatable bonds is 2. The Morgan fingerprint density at radius 2 is 2.08 bits per heavy atom. The lowest BCUT2D eigenvalue weighted by molar-refractivity contribution is 0.469. The van der Waals surface area contributed by atoms with Crippen LogP contribution in [0.2, 0.25) is 0 Å². The second-order valence-electron chi connectivity index (χ2n) is 2.77. The normalized spacial score (nSPS) is 12.5. The highest BCUT2D eigenvalue weighted by Crippen LogP contribution is 2.34. The summed E-state index contributed by atoms with van der Waals surface area (Å²) in [6.45, 7) is 5.74. The third kappa shape index (κ3) is 1.89. The largest absolute Gasteiger partial charge is 0.508 e. The SMILES string of the molecule is C=C(C)C(Br)c1ccccc1O. The molecule has 0 aromatic heterocycles. The Bertz CT molecular complexity index is 294. The summed E-state index contributed by atoms with van der Waals surface area (Å²) in [6, 6.07) is 7.25. The molecule has 0 aliphatic heterocycles. The van der Waals surface area contributed by atoms with Gasteiger partial charge in [0.05, 0.1) is 4.83 Å². The average molecular weight is 227 g/mol. The number of phenols is 1. The van der Waals surface area contributed by atoms with Crippen LogP contribution < -0.4 is 0 Å². The molecule has 1 unspecified atom stereocenters. The maximum atomic E-state index is 9.46. The number of hydrogen-bond donors (Lipinski definition) is 1. The second-order valence-corrected chi connectivity index (χ2v) is 3.68. The van der Waals surface area contributed by atoms with Gasteiger partial charge in [0.2, 0.25) is 0 Å². The van der Waals surface area contributed by atoms with Crippen LogP contribution in [0.4, 0.5) is 0 Å². The van der Waals surface area contributed by atoms with Crippen molar-refractivity contribution in [1.82, 2.24) is 0 Å². The first-order valence-corrected chi connectivity index (χ1v) is 4.62. The average Bonchev–Trinajstić information content (AvgIpc) is 2.04. The van der Waals surface area contributed by atoms with Crippen molar-refractivity contribution < 1.29 is 5.11 Å². The molecule has 1 rings (SSSR count). The van der Waals surface area contributed by atoms with Crippen LogP contribution in [0, 0.1) is 0 Å². The van der Waals surface area contributed by atoms with Crippen molar-refractivity contribution in [3.05, 3.63) is 42.0 Å². The molecule has 0 fully saturated rings. The van der Waals surface area contributed by atoms with Crippen LogP contribution in [0.15, 0.2) is 36.4 Å². The summed E-state index contributed by atoms with van der Waals surface area (Å²) in [5.41, 5.74) is 1.85. The van der Waals surface area contributed by atoms with Gasteiger partial charge >= 0.3 is 0 Å². The molecule has 0 radical (unpaired) electrons. The first-order chi connectivity index (χ1) is 5.63. The summed E-state index contributed by atoms with van der Waals surface area (Å²) < 4.78 is 0. The van der Waals surface area contributed by atoms with E-state index in [1.54, 1.807) is 12.1 Å². The zero-order valence-corrected chi connectivity index (χ0v) is 8.51. The molecule has 1 aromatic rings. The van der Waals surface area contributed by atoms with Gasteiger partial charge in [0, 0.05) is 5.56 Å². The van der Waals surface area contributed by atoms with Gasteiger partial charge < -0.3 is 5.11 Å². The topological polar surface area (TPSA) is 20.2 Å². The Morgan fingerprint density at radius 3 is 2.58 bits per heavy atom. The lowest BCUT2D eigenvalue weighted by Crippen LogP contribution is -1.90. The van der Waals surface area contributed by atoms with Crippen LogP contribution in [0.5, 0.6) is 5.75 Å². The van der Waals surface area contributed by atoms with E-state index in [4.69, 9.17) is 0 Å². The van der Waals surface area contributed by atoms with Gasteiger partial charge in [0.25, 0.3) is 0 Å². The van der Waals surface area contributed by atoms with Gasteiger partial charge in [0.15, 0.2) is 0 Å². The summed E-state index contributed by atoms with van der Waals surface area (Å²) >= 11 is 3.44. The summed E-state index contributed by atoms with van der Waals surface area (Å²) in [5, 5.41) is 9.46. The number of aromatic hydroxyl groups is 1. The van der Waals surface area contributed by atoms with Crippen LogP contribution in [-0.2, 0) is 0 Å². The lowest BCUT2D eigenvalue weighted by atomic mass is 10.1. The summed E-state index contributed by atoms with van der Waals surface area (Å²) in [7, 11) is 0. The fraction of sp³-hybridized carbons (Fsp3) is 0.200. The van der Waals surface area contributed by atoms with E-state index in [9.17, 15) is 5.11 Å². The molecule has 1 N–H and O–H groups in total. The van der Waals surface area contributed by atoms with Crippen molar-refractivity contribution in [3.63, 3.8) is 0 Å². The Balaban J connectivity index is 3.02. The Labute approximate surface area is 80.9 Å². The highest BCUT2D eigenvalue weighted by Gasteiger charge is 2.10. The minimum atomic E-state index is 0.0405. The van der Waals surface area contributed by atoms with Crippen molar-refractivity contribution in [3.8, 4) is 5.75 Å². The number of benzene rings is 1. The van der Waals surface area contributed by atoms with E-state index in [2.05, 4.69) is 22.5 Å². The van der Waals surface area contributed by atoms with Gasteiger partial charge in [-0.15, -0.1) is 0 Å². The summed E-state index contributed by atoms with van der Waals surface area (Å²) in [6.07, 6.45) is 0. The van der Waals surface area contributed by atoms with Crippen molar-refractivity contribution in [2.45, 2.75) is 11.8 Å². The van der Waals surface area contributed by atoms with Crippen LogP contribution >= 0.6 is 15.9 Å². The number of hydrogen-bond acceptors (Lipinski definition) is 1. The fourth-order valence-electron chi connectivity index (χ4n) is 0.967. The van der Waals surface area contributed by atoms with Gasteiger partial charge in [-0.05, 0) is 13.0 Å². The number of halogens is 1. The quantitative estimate of drug-likeness (QED) is 0.606. The van der Waals surface area contributed by atoms with Crippen LogP contribution in [0.25, 0.3) is 0 Å². The first kappa shape index (κ1) is 9.33. The molecule has 1 aromatic carbocycles. The van der Waals surface area contributed by atoms with E-state index in [1.165, 1.54) is 0 Å². The third-order valence-corrected chi connectivity index (χ3v) is 2.92. The van der Waals surface area contributed by atoms with Crippen LogP contribution in [-0.4, -0.2) is 5.11 Å².